The number of esters is 1. The molecule has 1 N–H and O–H groups in total. The highest BCUT2D eigenvalue weighted by atomic mass is 16.5. The summed E-state index contributed by atoms with van der Waals surface area (Å²) in [7, 11) is 0. The van der Waals surface area contributed by atoms with Gasteiger partial charge in [-0.25, -0.2) is 0 Å². The quantitative estimate of drug-likeness (QED) is 0.230. The number of ether oxygens (including phenoxy) is 1. The molecule has 3 atom stereocenters. The van der Waals surface area contributed by atoms with Gasteiger partial charge in [-0.05, 0) is 45.1 Å². The zero-order valence-electron chi connectivity index (χ0n) is 20.0. The van der Waals surface area contributed by atoms with E-state index in [9.17, 15) is 14.7 Å². The van der Waals surface area contributed by atoms with Crippen molar-refractivity contribution < 1.29 is 19.4 Å². The molecule has 0 aliphatic heterocycles. The molecule has 170 valence electrons. The molecular formula is C27H38O4. The molecule has 1 aliphatic carbocycles. The van der Waals surface area contributed by atoms with E-state index in [1.165, 1.54) is 6.92 Å². The van der Waals surface area contributed by atoms with Crippen LogP contribution in [0.4, 0.5) is 0 Å². The Labute approximate surface area is 187 Å². The smallest absolute Gasteiger partial charge is 0.302 e. The number of carbonyl (C=O) groups is 2. The van der Waals surface area contributed by atoms with Gasteiger partial charge >= 0.3 is 5.97 Å². The van der Waals surface area contributed by atoms with Crippen molar-refractivity contribution in [1.29, 1.82) is 0 Å². The summed E-state index contributed by atoms with van der Waals surface area (Å²) < 4.78 is 5.39. The van der Waals surface area contributed by atoms with E-state index in [0.29, 0.717) is 12.0 Å². The summed E-state index contributed by atoms with van der Waals surface area (Å²) in [4.78, 5) is 21.9. The maximum atomic E-state index is 11.3. The van der Waals surface area contributed by atoms with Gasteiger partial charge in [-0.1, -0.05) is 79.7 Å². The molecule has 1 aliphatic rings. The zero-order chi connectivity index (χ0) is 23.7. The molecule has 0 aromatic carbocycles. The fraction of sp³-hybridized carbons (Fsp3) is 0.481. The van der Waals surface area contributed by atoms with Gasteiger partial charge in [0.1, 0.15) is 12.4 Å². The van der Waals surface area contributed by atoms with Crippen LogP contribution in [0.25, 0.3) is 0 Å². The van der Waals surface area contributed by atoms with Crippen molar-refractivity contribution in [1.82, 2.24) is 0 Å². The Morgan fingerprint density at radius 1 is 0.871 bits per heavy atom. The van der Waals surface area contributed by atoms with E-state index in [4.69, 9.17) is 4.74 Å². The second-order valence-corrected chi connectivity index (χ2v) is 9.42. The second-order valence-electron chi connectivity index (χ2n) is 9.42. The molecule has 4 nitrogen and oxygen atoms in total. The lowest BCUT2D eigenvalue weighted by Gasteiger charge is -2.49. The molecule has 1 saturated carbocycles. The van der Waals surface area contributed by atoms with Gasteiger partial charge in [0.2, 0.25) is 0 Å². The van der Waals surface area contributed by atoms with Gasteiger partial charge in [-0.3, -0.25) is 9.59 Å². The first kappa shape index (κ1) is 26.6. The number of rotatable bonds is 8. The molecule has 0 spiro atoms. The Morgan fingerprint density at radius 2 is 1.42 bits per heavy atom. The van der Waals surface area contributed by atoms with Crippen LogP contribution in [0.2, 0.25) is 0 Å². The molecular weight excluding hydrogens is 388 g/mol. The lowest BCUT2D eigenvalue weighted by molar-refractivity contribution is -0.163. The molecule has 0 saturated heterocycles. The third-order valence-electron chi connectivity index (χ3n) is 5.52. The minimum absolute atomic E-state index is 0.0474. The van der Waals surface area contributed by atoms with Crippen LogP contribution in [0.5, 0.6) is 0 Å². The van der Waals surface area contributed by atoms with Gasteiger partial charge in [0.25, 0.3) is 0 Å². The predicted molar refractivity (Wildman–Crippen MR) is 127 cm³/mol. The van der Waals surface area contributed by atoms with E-state index >= 15 is 0 Å². The van der Waals surface area contributed by atoms with Gasteiger partial charge in [0, 0.05) is 19.3 Å². The van der Waals surface area contributed by atoms with Crippen molar-refractivity contribution in [3.05, 3.63) is 71.4 Å². The number of allylic oxidation sites excluding steroid dienone is 11. The lowest BCUT2D eigenvalue weighted by Crippen LogP contribution is -2.51. The Morgan fingerprint density at radius 3 is 1.97 bits per heavy atom. The molecule has 4 heteroatoms. The van der Waals surface area contributed by atoms with Gasteiger partial charge in [0.05, 0.1) is 5.60 Å². The van der Waals surface area contributed by atoms with Crippen LogP contribution in [0.1, 0.15) is 61.3 Å². The van der Waals surface area contributed by atoms with Crippen LogP contribution in [-0.4, -0.2) is 29.1 Å². The number of aldehydes is 1. The van der Waals surface area contributed by atoms with E-state index in [2.05, 4.69) is 19.9 Å². The summed E-state index contributed by atoms with van der Waals surface area (Å²) in [5.74, 6) is -0.350. The molecule has 0 bridgehead atoms. The van der Waals surface area contributed by atoms with Crippen molar-refractivity contribution in [3.8, 4) is 0 Å². The summed E-state index contributed by atoms with van der Waals surface area (Å²) in [5.41, 5.74) is 1.71. The zero-order valence-corrected chi connectivity index (χ0v) is 20.0. The summed E-state index contributed by atoms with van der Waals surface area (Å²) in [6.07, 6.45) is 19.4. The molecule has 0 radical (unpaired) electrons. The fourth-order valence-electron chi connectivity index (χ4n) is 4.17. The molecule has 31 heavy (non-hydrogen) atoms. The third kappa shape index (κ3) is 9.48. The normalized spacial score (nSPS) is 27.9. The molecule has 1 rings (SSSR count). The first-order valence-corrected chi connectivity index (χ1v) is 10.8. The fourth-order valence-corrected chi connectivity index (χ4v) is 4.17. The largest absolute Gasteiger partial charge is 0.462 e. The summed E-state index contributed by atoms with van der Waals surface area (Å²) >= 11 is 0. The monoisotopic (exact) mass is 426 g/mol. The van der Waals surface area contributed by atoms with E-state index < -0.39 is 5.60 Å². The molecule has 1 fully saturated rings. The maximum absolute atomic E-state index is 11.3. The van der Waals surface area contributed by atoms with Crippen molar-refractivity contribution in [2.45, 2.75) is 73.0 Å². The van der Waals surface area contributed by atoms with Crippen LogP contribution in [0.3, 0.4) is 0 Å². The van der Waals surface area contributed by atoms with Gasteiger partial charge in [-0.15, -0.1) is 0 Å². The number of hydrogen-bond donors (Lipinski definition) is 1. The minimum atomic E-state index is -0.948. The van der Waals surface area contributed by atoms with Crippen LogP contribution in [0, 0.1) is 11.3 Å². The lowest BCUT2D eigenvalue weighted by atomic mass is 9.61. The van der Waals surface area contributed by atoms with Crippen molar-refractivity contribution in [2.75, 3.05) is 0 Å². The van der Waals surface area contributed by atoms with E-state index in [1.807, 2.05) is 63.3 Å². The van der Waals surface area contributed by atoms with E-state index in [-0.39, 0.29) is 23.4 Å². The van der Waals surface area contributed by atoms with Crippen molar-refractivity contribution in [2.24, 2.45) is 11.3 Å². The maximum Gasteiger partial charge on any atom is 0.302 e. The minimum Gasteiger partial charge on any atom is -0.462 e. The Kier molecular flexibility index (Phi) is 10.1. The van der Waals surface area contributed by atoms with Gasteiger partial charge in [0.15, 0.2) is 0 Å². The SMILES string of the molecule is CC(=O)OC1CC(C)(C)C(C=CC(C)=CC=CC(C)=CC=CC=C(C)C=O)C(C)(O)C1. The standard InChI is InChI=1S/C27H38O4/c1-20(11-8-9-12-22(3)19-28)13-10-14-21(2)15-16-25-26(5,6)17-24(31-23(4)29)18-27(25,7)30/h8-16,19,24-25,30H,17-18H2,1-7H3. The van der Waals surface area contributed by atoms with Gasteiger partial charge < -0.3 is 9.84 Å². The number of carbonyl (C=O) groups excluding carboxylic acids is 2. The first-order chi connectivity index (χ1) is 14.4. The highest BCUT2D eigenvalue weighted by Gasteiger charge is 2.48. The van der Waals surface area contributed by atoms with E-state index in [0.717, 1.165) is 23.9 Å². The molecule has 0 aromatic heterocycles. The Bertz CT molecular complexity index is 798. The van der Waals surface area contributed by atoms with Gasteiger partial charge in [-0.2, -0.15) is 0 Å². The number of hydrogen-bond acceptors (Lipinski definition) is 4. The van der Waals surface area contributed by atoms with Crippen LogP contribution in [-0.2, 0) is 14.3 Å². The van der Waals surface area contributed by atoms with Crippen LogP contribution in [0.15, 0.2) is 71.4 Å². The summed E-state index contributed by atoms with van der Waals surface area (Å²) in [6, 6.07) is 0. The molecule has 0 amide bonds. The second kappa shape index (κ2) is 11.8. The highest BCUT2D eigenvalue weighted by molar-refractivity contribution is 5.72. The Hall–Kier alpha value is -2.46. The van der Waals surface area contributed by atoms with E-state index in [1.54, 1.807) is 13.0 Å². The molecule has 3 unspecified atom stereocenters. The van der Waals surface area contributed by atoms with Crippen LogP contribution < -0.4 is 0 Å². The first-order valence-electron chi connectivity index (χ1n) is 10.8. The molecule has 0 heterocycles. The average Bonchev–Trinajstić information content (AvgIpc) is 2.62. The van der Waals surface area contributed by atoms with Crippen molar-refractivity contribution >= 4 is 12.3 Å². The topological polar surface area (TPSA) is 63.6 Å². The summed E-state index contributed by atoms with van der Waals surface area (Å²) in [5, 5.41) is 11.1. The van der Waals surface area contributed by atoms with Crippen molar-refractivity contribution in [3.63, 3.8) is 0 Å². The number of aliphatic hydroxyl groups is 1. The predicted octanol–water partition coefficient (Wildman–Crippen LogP) is 5.81. The average molecular weight is 427 g/mol. The molecule has 0 aromatic rings. The highest BCUT2D eigenvalue weighted by Crippen LogP contribution is 2.47. The Balaban J connectivity index is 2.81. The third-order valence-corrected chi connectivity index (χ3v) is 5.52. The van der Waals surface area contributed by atoms with Crippen LogP contribution >= 0.6 is 0 Å². The summed E-state index contributed by atoms with van der Waals surface area (Å²) in [6.45, 7) is 13.3.